The Morgan fingerprint density at radius 3 is 3.00 bits per heavy atom. The molecule has 1 aromatic carbocycles. The van der Waals surface area contributed by atoms with Crippen LogP contribution in [0.25, 0.3) is 16.8 Å². The summed E-state index contributed by atoms with van der Waals surface area (Å²) in [5.41, 5.74) is 4.74. The molecule has 0 atom stereocenters. The SMILES string of the molecule is CCNCc1cccc(-c2ccc3nccn3c2)c1. The lowest BCUT2D eigenvalue weighted by Gasteiger charge is -2.06. The summed E-state index contributed by atoms with van der Waals surface area (Å²) in [4.78, 5) is 4.26. The van der Waals surface area contributed by atoms with E-state index in [1.54, 1.807) is 0 Å². The van der Waals surface area contributed by atoms with Crippen LogP contribution in [0.15, 0.2) is 55.0 Å². The number of pyridine rings is 1. The highest BCUT2D eigenvalue weighted by atomic mass is 15.0. The molecule has 0 fully saturated rings. The van der Waals surface area contributed by atoms with Crippen LogP contribution in [-0.4, -0.2) is 15.9 Å². The summed E-state index contributed by atoms with van der Waals surface area (Å²) >= 11 is 0. The second kappa shape index (κ2) is 5.24. The molecule has 0 unspecified atom stereocenters. The van der Waals surface area contributed by atoms with Crippen LogP contribution in [0.1, 0.15) is 12.5 Å². The second-order valence-corrected chi connectivity index (χ2v) is 4.59. The number of imidazole rings is 1. The molecule has 96 valence electrons. The quantitative estimate of drug-likeness (QED) is 0.772. The van der Waals surface area contributed by atoms with Gasteiger partial charge in [-0.3, -0.25) is 0 Å². The summed E-state index contributed by atoms with van der Waals surface area (Å²) in [6.45, 7) is 4.03. The molecule has 3 nitrogen and oxygen atoms in total. The van der Waals surface area contributed by atoms with Gasteiger partial charge in [0.1, 0.15) is 5.65 Å². The molecule has 2 heterocycles. The number of benzene rings is 1. The first-order chi connectivity index (χ1) is 9.36. The summed E-state index contributed by atoms with van der Waals surface area (Å²) in [5, 5.41) is 3.35. The topological polar surface area (TPSA) is 29.3 Å². The summed E-state index contributed by atoms with van der Waals surface area (Å²) in [5.74, 6) is 0. The van der Waals surface area contributed by atoms with Gasteiger partial charge in [-0.15, -0.1) is 0 Å². The Kier molecular flexibility index (Phi) is 3.29. The number of fused-ring (bicyclic) bond motifs is 1. The standard InChI is InChI=1S/C16H17N3/c1-2-17-11-13-4-3-5-14(10-13)15-6-7-16-18-8-9-19(16)12-15/h3-10,12,17H,2,11H2,1H3. The second-order valence-electron chi connectivity index (χ2n) is 4.59. The summed E-state index contributed by atoms with van der Waals surface area (Å²) in [6.07, 6.45) is 5.91. The Balaban J connectivity index is 1.95. The number of hydrogen-bond donors (Lipinski definition) is 1. The van der Waals surface area contributed by atoms with Crippen LogP contribution in [0.4, 0.5) is 0 Å². The minimum atomic E-state index is 0.914. The van der Waals surface area contributed by atoms with Gasteiger partial charge in [0.15, 0.2) is 0 Å². The maximum atomic E-state index is 4.26. The van der Waals surface area contributed by atoms with Crippen molar-refractivity contribution in [3.8, 4) is 11.1 Å². The normalized spacial score (nSPS) is 11.0. The highest BCUT2D eigenvalue weighted by Crippen LogP contribution is 2.21. The van der Waals surface area contributed by atoms with Crippen molar-refractivity contribution in [1.82, 2.24) is 14.7 Å². The van der Waals surface area contributed by atoms with Crippen molar-refractivity contribution in [2.45, 2.75) is 13.5 Å². The first kappa shape index (κ1) is 11.9. The molecule has 0 aliphatic heterocycles. The minimum absolute atomic E-state index is 0.914. The molecule has 1 N–H and O–H groups in total. The first-order valence-corrected chi connectivity index (χ1v) is 6.59. The lowest BCUT2D eigenvalue weighted by molar-refractivity contribution is 0.727. The zero-order valence-corrected chi connectivity index (χ0v) is 11.0. The summed E-state index contributed by atoms with van der Waals surface area (Å²) in [6, 6.07) is 12.8. The van der Waals surface area contributed by atoms with Gasteiger partial charge < -0.3 is 9.72 Å². The van der Waals surface area contributed by atoms with Crippen molar-refractivity contribution in [3.05, 3.63) is 60.6 Å². The van der Waals surface area contributed by atoms with Gasteiger partial charge >= 0.3 is 0 Å². The molecule has 3 aromatic rings. The van der Waals surface area contributed by atoms with Gasteiger partial charge in [-0.05, 0) is 41.4 Å². The molecular weight excluding hydrogens is 234 g/mol. The maximum Gasteiger partial charge on any atom is 0.136 e. The highest BCUT2D eigenvalue weighted by molar-refractivity contribution is 5.65. The average molecular weight is 251 g/mol. The molecule has 0 bridgehead atoms. The molecule has 0 radical (unpaired) electrons. The van der Waals surface area contributed by atoms with Gasteiger partial charge in [0.25, 0.3) is 0 Å². The number of nitrogens with zero attached hydrogens (tertiary/aromatic N) is 2. The van der Waals surface area contributed by atoms with Crippen LogP contribution >= 0.6 is 0 Å². The van der Waals surface area contributed by atoms with Crippen molar-refractivity contribution in [2.75, 3.05) is 6.54 Å². The molecule has 0 aliphatic carbocycles. The Hall–Kier alpha value is -2.13. The van der Waals surface area contributed by atoms with Crippen molar-refractivity contribution < 1.29 is 0 Å². The fourth-order valence-corrected chi connectivity index (χ4v) is 2.22. The number of aromatic nitrogens is 2. The highest BCUT2D eigenvalue weighted by Gasteiger charge is 2.01. The van der Waals surface area contributed by atoms with E-state index in [2.05, 4.69) is 53.8 Å². The van der Waals surface area contributed by atoms with E-state index < -0.39 is 0 Å². The van der Waals surface area contributed by atoms with Gasteiger partial charge in [-0.25, -0.2) is 4.98 Å². The van der Waals surface area contributed by atoms with E-state index in [1.807, 2.05) is 22.9 Å². The Bertz CT molecular complexity index is 685. The van der Waals surface area contributed by atoms with E-state index in [9.17, 15) is 0 Å². The molecule has 3 heteroatoms. The van der Waals surface area contributed by atoms with Crippen LogP contribution in [0.5, 0.6) is 0 Å². The Labute approximate surface area is 112 Å². The smallest absolute Gasteiger partial charge is 0.136 e. The number of nitrogens with one attached hydrogen (secondary N) is 1. The lowest BCUT2D eigenvalue weighted by atomic mass is 10.0. The molecular formula is C16H17N3. The maximum absolute atomic E-state index is 4.26. The summed E-state index contributed by atoms with van der Waals surface area (Å²) in [7, 11) is 0. The van der Waals surface area contributed by atoms with E-state index in [4.69, 9.17) is 0 Å². The minimum Gasteiger partial charge on any atom is -0.313 e. The summed E-state index contributed by atoms with van der Waals surface area (Å²) < 4.78 is 2.05. The predicted molar refractivity (Wildman–Crippen MR) is 78.0 cm³/mol. The molecule has 3 rings (SSSR count). The van der Waals surface area contributed by atoms with Gasteiger partial charge in [-0.2, -0.15) is 0 Å². The zero-order valence-electron chi connectivity index (χ0n) is 11.0. The zero-order chi connectivity index (χ0) is 13.1. The van der Waals surface area contributed by atoms with E-state index in [0.29, 0.717) is 0 Å². The largest absolute Gasteiger partial charge is 0.313 e. The fourth-order valence-electron chi connectivity index (χ4n) is 2.22. The van der Waals surface area contributed by atoms with Crippen molar-refractivity contribution in [3.63, 3.8) is 0 Å². The molecule has 0 aliphatic rings. The average Bonchev–Trinajstić information content (AvgIpc) is 2.92. The van der Waals surface area contributed by atoms with Gasteiger partial charge in [0.2, 0.25) is 0 Å². The molecule has 19 heavy (non-hydrogen) atoms. The van der Waals surface area contributed by atoms with E-state index in [-0.39, 0.29) is 0 Å². The first-order valence-electron chi connectivity index (χ1n) is 6.59. The van der Waals surface area contributed by atoms with Gasteiger partial charge in [-0.1, -0.05) is 25.1 Å². The van der Waals surface area contributed by atoms with Crippen molar-refractivity contribution >= 4 is 5.65 Å². The number of hydrogen-bond acceptors (Lipinski definition) is 2. The molecule has 0 saturated carbocycles. The fraction of sp³-hybridized carbons (Fsp3) is 0.188. The monoisotopic (exact) mass is 251 g/mol. The van der Waals surface area contributed by atoms with Crippen LogP contribution in [-0.2, 0) is 6.54 Å². The predicted octanol–water partition coefficient (Wildman–Crippen LogP) is 3.11. The third kappa shape index (κ3) is 2.51. The molecule has 0 amide bonds. The van der Waals surface area contributed by atoms with Crippen LogP contribution in [0.2, 0.25) is 0 Å². The van der Waals surface area contributed by atoms with E-state index >= 15 is 0 Å². The Morgan fingerprint density at radius 1 is 1.16 bits per heavy atom. The van der Waals surface area contributed by atoms with Crippen molar-refractivity contribution in [2.24, 2.45) is 0 Å². The third-order valence-corrected chi connectivity index (χ3v) is 3.23. The van der Waals surface area contributed by atoms with Crippen molar-refractivity contribution in [1.29, 1.82) is 0 Å². The lowest BCUT2D eigenvalue weighted by Crippen LogP contribution is -2.11. The van der Waals surface area contributed by atoms with Gasteiger partial charge in [0, 0.05) is 25.1 Å². The van der Waals surface area contributed by atoms with E-state index in [1.165, 1.54) is 16.7 Å². The molecule has 0 spiro atoms. The van der Waals surface area contributed by atoms with Gasteiger partial charge in [0.05, 0.1) is 0 Å². The third-order valence-electron chi connectivity index (χ3n) is 3.23. The molecule has 0 saturated heterocycles. The molecule has 2 aromatic heterocycles. The van der Waals surface area contributed by atoms with Crippen LogP contribution in [0, 0.1) is 0 Å². The Morgan fingerprint density at radius 2 is 2.11 bits per heavy atom. The van der Waals surface area contributed by atoms with E-state index in [0.717, 1.165) is 18.7 Å². The van der Waals surface area contributed by atoms with Crippen LogP contribution < -0.4 is 5.32 Å². The number of rotatable bonds is 4. The van der Waals surface area contributed by atoms with Crippen LogP contribution in [0.3, 0.4) is 0 Å².